The van der Waals surface area contributed by atoms with Crippen LogP contribution in [0, 0.1) is 0 Å². The number of aryl methyl sites for hydroxylation is 1. The van der Waals surface area contributed by atoms with Gasteiger partial charge in [0.05, 0.1) is 11.3 Å². The molecule has 0 saturated heterocycles. The molecule has 1 aromatic heterocycles. The van der Waals surface area contributed by atoms with Crippen molar-refractivity contribution in [1.29, 1.82) is 0 Å². The van der Waals surface area contributed by atoms with Gasteiger partial charge in [-0.25, -0.2) is 14.8 Å². The van der Waals surface area contributed by atoms with Gasteiger partial charge in [-0.2, -0.15) is 13.2 Å². The standard InChI is InChI=1S/C17H18F3N3O2/c1-3-14-12(9-21-10-23-14)15(25-16(24)22-4-2)11-7-5-6-8-13(11)17(18,19)20/h5-10,15H,3-4H2,1-2H3,(H,22,24). The van der Waals surface area contributed by atoms with Crippen molar-refractivity contribution in [2.45, 2.75) is 32.5 Å². The molecule has 8 heteroatoms. The zero-order chi connectivity index (χ0) is 18.4. The predicted molar refractivity (Wildman–Crippen MR) is 84.9 cm³/mol. The van der Waals surface area contributed by atoms with Crippen LogP contribution < -0.4 is 5.32 Å². The van der Waals surface area contributed by atoms with Crippen LogP contribution in [-0.4, -0.2) is 22.6 Å². The second-order valence-corrected chi connectivity index (χ2v) is 5.18. The molecule has 5 nitrogen and oxygen atoms in total. The number of hydrogen-bond donors (Lipinski definition) is 1. The number of benzene rings is 1. The zero-order valence-electron chi connectivity index (χ0n) is 13.8. The fourth-order valence-corrected chi connectivity index (χ4v) is 2.45. The van der Waals surface area contributed by atoms with Crippen LogP contribution in [0.2, 0.25) is 0 Å². The molecule has 1 unspecified atom stereocenters. The largest absolute Gasteiger partial charge is 0.436 e. The Balaban J connectivity index is 2.59. The second kappa shape index (κ2) is 7.96. The van der Waals surface area contributed by atoms with Gasteiger partial charge in [-0.3, -0.25) is 0 Å². The summed E-state index contributed by atoms with van der Waals surface area (Å²) in [5, 5.41) is 2.43. The van der Waals surface area contributed by atoms with Gasteiger partial charge in [0.25, 0.3) is 0 Å². The van der Waals surface area contributed by atoms with Gasteiger partial charge < -0.3 is 10.1 Å². The lowest BCUT2D eigenvalue weighted by molar-refractivity contribution is -0.139. The van der Waals surface area contributed by atoms with Gasteiger partial charge in [0, 0.05) is 23.9 Å². The van der Waals surface area contributed by atoms with Crippen molar-refractivity contribution in [1.82, 2.24) is 15.3 Å². The lowest BCUT2D eigenvalue weighted by Gasteiger charge is -2.23. The Hall–Kier alpha value is -2.64. The lowest BCUT2D eigenvalue weighted by Crippen LogP contribution is -2.27. The van der Waals surface area contributed by atoms with E-state index in [2.05, 4.69) is 15.3 Å². The normalized spacial score (nSPS) is 12.5. The van der Waals surface area contributed by atoms with Gasteiger partial charge in [0.2, 0.25) is 0 Å². The number of carbonyl (C=O) groups is 1. The molecular formula is C17H18F3N3O2. The van der Waals surface area contributed by atoms with Gasteiger partial charge in [-0.05, 0) is 19.4 Å². The first-order chi connectivity index (χ1) is 11.9. The molecular weight excluding hydrogens is 335 g/mol. The molecule has 0 spiro atoms. The molecule has 1 aromatic carbocycles. The first-order valence-electron chi connectivity index (χ1n) is 7.77. The molecule has 0 radical (unpaired) electrons. The first kappa shape index (κ1) is 18.7. The molecule has 25 heavy (non-hydrogen) atoms. The summed E-state index contributed by atoms with van der Waals surface area (Å²) in [5.74, 6) is 0. The smallest absolute Gasteiger partial charge is 0.416 e. The van der Waals surface area contributed by atoms with Crippen molar-refractivity contribution in [3.8, 4) is 0 Å². The average Bonchev–Trinajstić information content (AvgIpc) is 2.59. The summed E-state index contributed by atoms with van der Waals surface area (Å²) in [6, 6.07) is 5.00. The van der Waals surface area contributed by atoms with E-state index in [0.29, 0.717) is 24.2 Å². The number of nitrogens with zero attached hydrogens (tertiary/aromatic N) is 2. The number of alkyl halides is 3. The molecule has 0 saturated carbocycles. The number of hydrogen-bond acceptors (Lipinski definition) is 4. The number of amides is 1. The molecule has 0 fully saturated rings. The van der Waals surface area contributed by atoms with Crippen molar-refractivity contribution in [3.05, 3.63) is 59.2 Å². The van der Waals surface area contributed by atoms with Crippen molar-refractivity contribution < 1.29 is 22.7 Å². The van der Waals surface area contributed by atoms with Crippen LogP contribution >= 0.6 is 0 Å². The third-order valence-electron chi connectivity index (χ3n) is 3.54. The van der Waals surface area contributed by atoms with Crippen LogP contribution in [0.3, 0.4) is 0 Å². The van der Waals surface area contributed by atoms with E-state index in [-0.39, 0.29) is 5.56 Å². The number of halogens is 3. The first-order valence-corrected chi connectivity index (χ1v) is 7.77. The van der Waals surface area contributed by atoms with E-state index in [1.54, 1.807) is 6.92 Å². The number of rotatable bonds is 5. The summed E-state index contributed by atoms with van der Waals surface area (Å²) in [6.45, 7) is 3.78. The predicted octanol–water partition coefficient (Wildman–Crippen LogP) is 3.89. The van der Waals surface area contributed by atoms with Gasteiger partial charge in [-0.1, -0.05) is 25.1 Å². The van der Waals surface area contributed by atoms with E-state index in [4.69, 9.17) is 4.74 Å². The summed E-state index contributed by atoms with van der Waals surface area (Å²) in [4.78, 5) is 19.9. The Bertz CT molecular complexity index is 735. The van der Waals surface area contributed by atoms with E-state index >= 15 is 0 Å². The third-order valence-corrected chi connectivity index (χ3v) is 3.54. The fourth-order valence-electron chi connectivity index (χ4n) is 2.45. The molecule has 0 aliphatic heterocycles. The third kappa shape index (κ3) is 4.46. The fraction of sp³-hybridized carbons (Fsp3) is 0.353. The molecule has 1 amide bonds. The summed E-state index contributed by atoms with van der Waals surface area (Å²) in [6.07, 6.45) is -3.51. The Morgan fingerprint density at radius 1 is 1.24 bits per heavy atom. The monoisotopic (exact) mass is 353 g/mol. The van der Waals surface area contributed by atoms with E-state index in [0.717, 1.165) is 6.07 Å². The number of carbonyl (C=O) groups excluding carboxylic acids is 1. The van der Waals surface area contributed by atoms with Gasteiger partial charge >= 0.3 is 12.3 Å². The zero-order valence-corrected chi connectivity index (χ0v) is 13.8. The minimum atomic E-state index is -4.58. The Morgan fingerprint density at radius 3 is 2.60 bits per heavy atom. The Kier molecular flexibility index (Phi) is 5.95. The van der Waals surface area contributed by atoms with Gasteiger partial charge in [0.15, 0.2) is 6.10 Å². The van der Waals surface area contributed by atoms with Crippen LogP contribution in [0.15, 0.2) is 36.8 Å². The van der Waals surface area contributed by atoms with E-state index in [1.807, 2.05) is 6.92 Å². The highest BCUT2D eigenvalue weighted by Gasteiger charge is 2.37. The van der Waals surface area contributed by atoms with Crippen molar-refractivity contribution in [3.63, 3.8) is 0 Å². The highest BCUT2D eigenvalue weighted by Crippen LogP contribution is 2.38. The summed E-state index contributed by atoms with van der Waals surface area (Å²) in [5.41, 5.74) is -0.185. The maximum atomic E-state index is 13.4. The molecule has 1 atom stereocenters. The Morgan fingerprint density at radius 2 is 1.96 bits per heavy atom. The van der Waals surface area contributed by atoms with Crippen LogP contribution in [-0.2, 0) is 17.3 Å². The average molecular weight is 353 g/mol. The van der Waals surface area contributed by atoms with Gasteiger partial charge in [-0.15, -0.1) is 0 Å². The maximum Gasteiger partial charge on any atom is 0.416 e. The van der Waals surface area contributed by atoms with Crippen LogP contribution in [0.4, 0.5) is 18.0 Å². The van der Waals surface area contributed by atoms with Crippen molar-refractivity contribution in [2.24, 2.45) is 0 Å². The van der Waals surface area contributed by atoms with Crippen molar-refractivity contribution in [2.75, 3.05) is 6.54 Å². The van der Waals surface area contributed by atoms with Crippen LogP contribution in [0.5, 0.6) is 0 Å². The highest BCUT2D eigenvalue weighted by molar-refractivity contribution is 5.68. The van der Waals surface area contributed by atoms with Crippen LogP contribution in [0.1, 0.15) is 42.3 Å². The molecule has 1 N–H and O–H groups in total. The second-order valence-electron chi connectivity index (χ2n) is 5.18. The molecule has 0 aliphatic carbocycles. The lowest BCUT2D eigenvalue weighted by atomic mass is 9.95. The van der Waals surface area contributed by atoms with E-state index in [9.17, 15) is 18.0 Å². The minimum Gasteiger partial charge on any atom is -0.436 e. The molecule has 2 aromatic rings. The summed E-state index contributed by atoms with van der Waals surface area (Å²) in [7, 11) is 0. The molecule has 0 aliphatic rings. The summed E-state index contributed by atoms with van der Waals surface area (Å²) >= 11 is 0. The summed E-state index contributed by atoms with van der Waals surface area (Å²) < 4.78 is 45.5. The number of nitrogens with one attached hydrogen (secondary N) is 1. The Labute approximate surface area is 143 Å². The minimum absolute atomic E-state index is 0.161. The molecule has 2 rings (SSSR count). The van der Waals surface area contributed by atoms with E-state index in [1.165, 1.54) is 30.7 Å². The topological polar surface area (TPSA) is 64.1 Å². The molecule has 134 valence electrons. The maximum absolute atomic E-state index is 13.4. The van der Waals surface area contributed by atoms with Crippen LogP contribution in [0.25, 0.3) is 0 Å². The van der Waals surface area contributed by atoms with Crippen molar-refractivity contribution >= 4 is 6.09 Å². The molecule has 0 bridgehead atoms. The SMILES string of the molecule is CCNC(=O)OC(c1ccccc1C(F)(F)F)c1cncnc1CC. The van der Waals surface area contributed by atoms with Gasteiger partial charge in [0.1, 0.15) is 6.33 Å². The quantitative estimate of drug-likeness (QED) is 0.886. The van der Waals surface area contributed by atoms with E-state index < -0.39 is 23.9 Å². The number of aromatic nitrogens is 2. The number of ether oxygens (including phenoxy) is 1. The highest BCUT2D eigenvalue weighted by atomic mass is 19.4. The molecule has 1 heterocycles. The number of alkyl carbamates (subject to hydrolysis) is 1.